The maximum Gasteiger partial charge on any atom is 0.306 e. The highest BCUT2D eigenvalue weighted by Crippen LogP contribution is 2.33. The predicted octanol–water partition coefficient (Wildman–Crippen LogP) is 9.67. The molecule has 0 saturated carbocycles. The standard InChI is InChI=1S/C41H59FN4O4/c1-3-4-5-6-7-8-9-10-11-12-13-14-15-16-17-20-38(47)49-36-19-18-26-46-40(36)43-31(2)34(41(46)48)25-29-45-27-23-32(24-28-45)39-35-22-21-33(42)30-37(35)50-44-39/h10-11,21-22,30,32,36H,3-9,12-20,23-29H2,1-2H3/b11-10+. The fourth-order valence-electron chi connectivity index (χ4n) is 7.63. The number of carbonyl (C=O) groups excluding carboxylic acids is 1. The minimum atomic E-state index is -0.456. The highest BCUT2D eigenvalue weighted by atomic mass is 19.1. The molecule has 0 bridgehead atoms. The topological polar surface area (TPSA) is 90.5 Å². The van der Waals surface area contributed by atoms with Crippen molar-refractivity contribution in [2.24, 2.45) is 0 Å². The van der Waals surface area contributed by atoms with Gasteiger partial charge in [0.1, 0.15) is 5.82 Å². The summed E-state index contributed by atoms with van der Waals surface area (Å²) in [5, 5.41) is 5.16. The molecular formula is C41H59FN4O4. The van der Waals surface area contributed by atoms with Gasteiger partial charge >= 0.3 is 5.97 Å². The molecule has 1 fully saturated rings. The van der Waals surface area contributed by atoms with Crippen molar-refractivity contribution in [2.75, 3.05) is 19.6 Å². The van der Waals surface area contributed by atoms with E-state index in [-0.39, 0.29) is 23.3 Å². The van der Waals surface area contributed by atoms with Crippen molar-refractivity contribution in [1.82, 2.24) is 19.6 Å². The van der Waals surface area contributed by atoms with Gasteiger partial charge in [0, 0.05) is 48.1 Å². The first kappa shape index (κ1) is 37.9. The number of fused-ring (bicyclic) bond motifs is 2. The van der Waals surface area contributed by atoms with Crippen LogP contribution < -0.4 is 5.56 Å². The molecule has 1 atom stereocenters. The predicted molar refractivity (Wildman–Crippen MR) is 197 cm³/mol. The number of aryl methyl sites for hydroxylation is 1. The third-order valence-electron chi connectivity index (χ3n) is 10.7. The van der Waals surface area contributed by atoms with Crippen LogP contribution in [0.25, 0.3) is 11.0 Å². The Labute approximate surface area is 297 Å². The van der Waals surface area contributed by atoms with Gasteiger partial charge in [0.25, 0.3) is 5.56 Å². The third kappa shape index (κ3) is 10.8. The number of hydrogen-bond acceptors (Lipinski definition) is 7. The molecule has 2 aliphatic rings. The van der Waals surface area contributed by atoms with Gasteiger partial charge in [-0.1, -0.05) is 75.6 Å². The first-order valence-corrected chi connectivity index (χ1v) is 19.7. The lowest BCUT2D eigenvalue weighted by Gasteiger charge is -2.31. The van der Waals surface area contributed by atoms with Gasteiger partial charge in [0.15, 0.2) is 17.5 Å². The number of rotatable bonds is 20. The van der Waals surface area contributed by atoms with Crippen molar-refractivity contribution in [1.29, 1.82) is 0 Å². The van der Waals surface area contributed by atoms with Crippen molar-refractivity contribution in [3.63, 3.8) is 0 Å². The summed E-state index contributed by atoms with van der Waals surface area (Å²) >= 11 is 0. The number of halogens is 1. The van der Waals surface area contributed by atoms with Crippen molar-refractivity contribution in [3.8, 4) is 0 Å². The molecule has 0 aliphatic carbocycles. The Hall–Kier alpha value is -3.33. The second-order valence-electron chi connectivity index (χ2n) is 14.5. The minimum Gasteiger partial charge on any atom is -0.454 e. The second-order valence-corrected chi connectivity index (χ2v) is 14.5. The van der Waals surface area contributed by atoms with Gasteiger partial charge in [0.05, 0.1) is 5.69 Å². The third-order valence-corrected chi connectivity index (χ3v) is 10.7. The Balaban J connectivity index is 0.993. The molecule has 1 unspecified atom stereocenters. The monoisotopic (exact) mass is 690 g/mol. The molecule has 9 heteroatoms. The van der Waals surface area contributed by atoms with Crippen molar-refractivity contribution < 1.29 is 18.4 Å². The number of hydrogen-bond donors (Lipinski definition) is 0. The molecule has 5 rings (SSSR count). The van der Waals surface area contributed by atoms with Crippen LogP contribution >= 0.6 is 0 Å². The largest absolute Gasteiger partial charge is 0.454 e. The van der Waals surface area contributed by atoms with Gasteiger partial charge < -0.3 is 14.2 Å². The number of esters is 1. The molecule has 1 aromatic carbocycles. The number of likely N-dealkylation sites (tertiary alicyclic amines) is 1. The Morgan fingerprint density at radius 2 is 1.66 bits per heavy atom. The van der Waals surface area contributed by atoms with Crippen LogP contribution in [0, 0.1) is 12.7 Å². The molecular weight excluding hydrogens is 631 g/mol. The van der Waals surface area contributed by atoms with Crippen LogP contribution in [0.4, 0.5) is 4.39 Å². The Bertz CT molecular complexity index is 1590. The lowest BCUT2D eigenvalue weighted by atomic mass is 9.91. The average Bonchev–Trinajstić information content (AvgIpc) is 3.53. The van der Waals surface area contributed by atoms with Gasteiger partial charge in [-0.05, 0) is 96.4 Å². The van der Waals surface area contributed by atoms with Crippen molar-refractivity contribution >= 4 is 16.9 Å². The molecule has 2 aromatic heterocycles. The Morgan fingerprint density at radius 1 is 0.960 bits per heavy atom. The highest BCUT2D eigenvalue weighted by Gasteiger charge is 2.29. The molecule has 0 radical (unpaired) electrons. The molecule has 2 aliphatic heterocycles. The number of nitrogens with zero attached hydrogens (tertiary/aromatic N) is 4. The van der Waals surface area contributed by atoms with Crippen molar-refractivity contribution in [2.45, 2.75) is 154 Å². The van der Waals surface area contributed by atoms with E-state index in [0.717, 1.165) is 86.9 Å². The first-order chi connectivity index (χ1) is 24.4. The number of aromatic nitrogens is 3. The first-order valence-electron chi connectivity index (χ1n) is 19.7. The summed E-state index contributed by atoms with van der Waals surface area (Å²) in [6.45, 7) is 7.35. The van der Waals surface area contributed by atoms with E-state index in [1.165, 1.54) is 69.9 Å². The molecule has 0 spiro atoms. The maximum atomic E-state index is 13.6. The number of benzene rings is 1. The lowest BCUT2D eigenvalue weighted by Crippen LogP contribution is -2.38. The molecule has 3 aromatic rings. The molecule has 1 saturated heterocycles. The summed E-state index contributed by atoms with van der Waals surface area (Å²) in [7, 11) is 0. The van der Waals surface area contributed by atoms with E-state index in [0.29, 0.717) is 37.2 Å². The number of ether oxygens (including phenoxy) is 1. The van der Waals surface area contributed by atoms with E-state index in [2.05, 4.69) is 29.1 Å². The van der Waals surface area contributed by atoms with Gasteiger partial charge in [-0.2, -0.15) is 0 Å². The van der Waals surface area contributed by atoms with E-state index >= 15 is 0 Å². The summed E-state index contributed by atoms with van der Waals surface area (Å²) in [5.41, 5.74) is 2.89. The van der Waals surface area contributed by atoms with Gasteiger partial charge in [0.2, 0.25) is 0 Å². The highest BCUT2D eigenvalue weighted by molar-refractivity contribution is 5.79. The van der Waals surface area contributed by atoms with Crippen molar-refractivity contribution in [3.05, 3.63) is 69.3 Å². The van der Waals surface area contributed by atoms with Crippen LogP contribution in [-0.4, -0.2) is 45.2 Å². The number of piperidine rings is 1. The van der Waals surface area contributed by atoms with Crippen LogP contribution in [0.1, 0.15) is 157 Å². The molecule has 50 heavy (non-hydrogen) atoms. The van der Waals surface area contributed by atoms with Crippen LogP contribution in [0.2, 0.25) is 0 Å². The quantitative estimate of drug-likeness (QED) is 0.0662. The Kier molecular flexibility index (Phi) is 15.1. The zero-order valence-corrected chi connectivity index (χ0v) is 30.6. The van der Waals surface area contributed by atoms with Crippen LogP contribution in [-0.2, 0) is 22.5 Å². The Morgan fingerprint density at radius 3 is 2.40 bits per heavy atom. The molecule has 8 nitrogen and oxygen atoms in total. The van der Waals surface area contributed by atoms with E-state index in [4.69, 9.17) is 14.2 Å². The van der Waals surface area contributed by atoms with E-state index in [9.17, 15) is 14.0 Å². The van der Waals surface area contributed by atoms with Crippen LogP contribution in [0.15, 0.2) is 39.7 Å². The zero-order chi connectivity index (χ0) is 35.1. The minimum absolute atomic E-state index is 0.00156. The molecule has 0 N–H and O–H groups in total. The smallest absolute Gasteiger partial charge is 0.306 e. The summed E-state index contributed by atoms with van der Waals surface area (Å²) in [6.07, 6.45) is 24.5. The summed E-state index contributed by atoms with van der Waals surface area (Å²) in [6, 6.07) is 4.60. The molecule has 274 valence electrons. The van der Waals surface area contributed by atoms with E-state index in [1.807, 2.05) is 6.92 Å². The normalized spacial score (nSPS) is 17.1. The van der Waals surface area contributed by atoms with Crippen LogP contribution in [0.3, 0.4) is 0 Å². The maximum absolute atomic E-state index is 13.6. The van der Waals surface area contributed by atoms with Gasteiger partial charge in [-0.25, -0.2) is 9.37 Å². The average molecular weight is 691 g/mol. The summed E-state index contributed by atoms with van der Waals surface area (Å²) in [5.74, 6) is 0.359. The summed E-state index contributed by atoms with van der Waals surface area (Å²) < 4.78 is 26.6. The van der Waals surface area contributed by atoms with Gasteiger partial charge in [-0.3, -0.25) is 14.2 Å². The number of carbonyl (C=O) groups is 1. The van der Waals surface area contributed by atoms with E-state index in [1.54, 1.807) is 10.6 Å². The fraction of sp³-hybridized carbons (Fsp3) is 0.659. The summed E-state index contributed by atoms with van der Waals surface area (Å²) in [4.78, 5) is 33.6. The van der Waals surface area contributed by atoms with Crippen LogP contribution in [0.5, 0.6) is 0 Å². The lowest BCUT2D eigenvalue weighted by molar-refractivity contribution is -0.151. The number of unbranched alkanes of at least 4 members (excludes halogenated alkanes) is 11. The SMILES string of the molecule is CCCCCCCC/C=C/CCCCCCCC(=O)OC1CCCn2c1nc(C)c(CCN1CCC(c3noc4cc(F)ccc34)CC1)c2=O. The van der Waals surface area contributed by atoms with E-state index < -0.39 is 6.10 Å². The zero-order valence-electron chi connectivity index (χ0n) is 30.6. The molecule has 4 heterocycles. The van der Waals surface area contributed by atoms with Gasteiger partial charge in [-0.15, -0.1) is 0 Å². The number of allylic oxidation sites excluding steroid dienone is 2. The second kappa shape index (κ2) is 19.9. The molecule has 0 amide bonds. The fourth-order valence-corrected chi connectivity index (χ4v) is 7.63.